The molecule has 3 aliphatic rings. The van der Waals surface area contributed by atoms with E-state index in [-0.39, 0.29) is 17.8 Å². The Kier molecular flexibility index (Phi) is 9.69. The number of halogens is 1. The van der Waals surface area contributed by atoms with Crippen LogP contribution in [0.15, 0.2) is 30.5 Å². The minimum atomic E-state index is -1.00. The van der Waals surface area contributed by atoms with Crippen LogP contribution < -0.4 is 15.0 Å². The molecule has 11 heteroatoms. The van der Waals surface area contributed by atoms with Gasteiger partial charge in [-0.25, -0.2) is 14.2 Å². The molecule has 244 valence electrons. The van der Waals surface area contributed by atoms with Gasteiger partial charge in [-0.3, -0.25) is 9.20 Å². The summed E-state index contributed by atoms with van der Waals surface area (Å²) in [7, 11) is 1.35. The molecule has 0 radical (unpaired) electrons. The molecule has 1 fully saturated rings. The molecular formula is C34H45FN4O6. The number of benzene rings is 1. The van der Waals surface area contributed by atoms with E-state index in [9.17, 15) is 14.0 Å². The standard InChI is InChI=1S/C34H45FN4O6/c1-22-18-27-37-25-21-39(27)31(28(22)29(32(41)42-6)45-33(2,3)4)38-14-12-34(5,13-15-38)44-17-9-7-8-16-43-26-11-10-24(35)19-23(26)20-36-30(25)40/h10-11,18-19,21,29H,7-9,12-17,20H2,1-6H3,(H,36,40)/t29-/m0/s1. The number of rotatable bonds is 3. The Morgan fingerprint density at radius 2 is 1.87 bits per heavy atom. The van der Waals surface area contributed by atoms with E-state index in [4.69, 9.17) is 18.9 Å². The number of esters is 1. The summed E-state index contributed by atoms with van der Waals surface area (Å²) in [5.41, 5.74) is 1.82. The van der Waals surface area contributed by atoms with Crippen LogP contribution in [0.5, 0.6) is 5.75 Å². The fraction of sp³-hybridized carbons (Fsp3) is 0.559. The van der Waals surface area contributed by atoms with Crippen molar-refractivity contribution in [2.45, 2.75) is 90.6 Å². The topological polar surface area (TPSA) is 104 Å². The lowest BCUT2D eigenvalue weighted by Crippen LogP contribution is -2.45. The first-order chi connectivity index (χ1) is 21.4. The maximum atomic E-state index is 14.2. The largest absolute Gasteiger partial charge is 0.493 e. The number of nitrogens with zero attached hydrogens (tertiary/aromatic N) is 3. The highest BCUT2D eigenvalue weighted by Gasteiger charge is 2.37. The third-order valence-corrected chi connectivity index (χ3v) is 8.43. The van der Waals surface area contributed by atoms with Gasteiger partial charge in [0.1, 0.15) is 28.7 Å². The van der Waals surface area contributed by atoms with Crippen molar-refractivity contribution in [1.29, 1.82) is 0 Å². The van der Waals surface area contributed by atoms with E-state index in [0.29, 0.717) is 48.8 Å². The van der Waals surface area contributed by atoms with Gasteiger partial charge < -0.3 is 29.2 Å². The van der Waals surface area contributed by atoms with Gasteiger partial charge in [0.05, 0.1) is 24.9 Å². The summed E-state index contributed by atoms with van der Waals surface area (Å²) in [5.74, 6) is -0.0671. The molecule has 2 aromatic heterocycles. The monoisotopic (exact) mass is 624 g/mol. The fourth-order valence-corrected chi connectivity index (χ4v) is 6.00. The van der Waals surface area contributed by atoms with Crippen LogP contribution in [0, 0.1) is 12.7 Å². The molecule has 10 nitrogen and oxygen atoms in total. The third kappa shape index (κ3) is 7.58. The zero-order chi connectivity index (χ0) is 32.4. The number of carbonyl (C=O) groups excluding carboxylic acids is 2. The molecule has 5 heterocycles. The Bertz CT molecular complexity index is 1540. The number of piperidine rings is 1. The lowest BCUT2D eigenvalue weighted by molar-refractivity contribution is -0.164. The normalized spacial score (nSPS) is 18.6. The number of methoxy groups -OCH3 is 1. The van der Waals surface area contributed by atoms with Gasteiger partial charge in [-0.1, -0.05) is 0 Å². The SMILES string of the molecule is COC(=O)[C@@H](OC(C)(C)C)c1c(C)cc2nc3cn2c1N1CCC(C)(CC1)OCCCCCOc1ccc(F)cc1CNC3=O. The molecule has 3 aliphatic heterocycles. The Balaban J connectivity index is 1.60. The Morgan fingerprint density at radius 1 is 1.13 bits per heavy atom. The van der Waals surface area contributed by atoms with Crippen LogP contribution in [0.3, 0.4) is 0 Å². The van der Waals surface area contributed by atoms with E-state index >= 15 is 0 Å². The molecule has 3 aromatic rings. The van der Waals surface area contributed by atoms with Crippen LogP contribution in [0.1, 0.15) is 93.1 Å². The fourth-order valence-electron chi connectivity index (χ4n) is 6.00. The summed E-state index contributed by atoms with van der Waals surface area (Å²) in [6, 6.07) is 6.17. The predicted molar refractivity (Wildman–Crippen MR) is 168 cm³/mol. The molecule has 4 bridgehead atoms. The highest BCUT2D eigenvalue weighted by molar-refractivity contribution is 5.93. The quantitative estimate of drug-likeness (QED) is 0.372. The summed E-state index contributed by atoms with van der Waals surface area (Å²) < 4.78 is 40.0. The molecule has 0 saturated carbocycles. The summed E-state index contributed by atoms with van der Waals surface area (Å²) in [6.45, 7) is 12.3. The lowest BCUT2D eigenvalue weighted by Gasteiger charge is -2.41. The number of carbonyl (C=O) groups is 2. The van der Waals surface area contributed by atoms with Crippen molar-refractivity contribution in [3.8, 4) is 5.75 Å². The molecule has 6 rings (SSSR count). The second kappa shape index (κ2) is 13.3. The van der Waals surface area contributed by atoms with Gasteiger partial charge in [-0.15, -0.1) is 0 Å². The summed E-state index contributed by atoms with van der Waals surface area (Å²) >= 11 is 0. The van der Waals surface area contributed by atoms with Crippen molar-refractivity contribution in [1.82, 2.24) is 14.7 Å². The molecule has 1 saturated heterocycles. The number of imidazole rings is 1. The highest BCUT2D eigenvalue weighted by Crippen LogP contribution is 2.39. The number of aryl methyl sites for hydroxylation is 1. The third-order valence-electron chi connectivity index (χ3n) is 8.43. The van der Waals surface area contributed by atoms with E-state index in [1.54, 1.807) is 12.3 Å². The second-order valence-corrected chi connectivity index (χ2v) is 13.2. The number of anilines is 1. The molecule has 1 aromatic carbocycles. The van der Waals surface area contributed by atoms with Crippen LogP contribution in [0.25, 0.3) is 5.65 Å². The van der Waals surface area contributed by atoms with E-state index in [1.165, 1.54) is 19.2 Å². The molecule has 0 unspecified atom stereocenters. The smallest absolute Gasteiger partial charge is 0.339 e. The molecule has 0 spiro atoms. The number of hydrogen-bond donors (Lipinski definition) is 1. The number of nitrogens with one attached hydrogen (secondary N) is 1. The van der Waals surface area contributed by atoms with Gasteiger partial charge in [0.25, 0.3) is 5.91 Å². The maximum Gasteiger partial charge on any atom is 0.339 e. The number of pyridine rings is 1. The molecule has 1 amide bonds. The van der Waals surface area contributed by atoms with Crippen molar-refractivity contribution < 1.29 is 32.9 Å². The van der Waals surface area contributed by atoms with Gasteiger partial charge in [-0.05, 0) is 96.6 Å². The van der Waals surface area contributed by atoms with Crippen molar-refractivity contribution in [2.24, 2.45) is 0 Å². The van der Waals surface area contributed by atoms with Gasteiger partial charge in [0, 0.05) is 43.6 Å². The first-order valence-electron chi connectivity index (χ1n) is 15.7. The molecule has 1 N–H and O–H groups in total. The average molecular weight is 625 g/mol. The van der Waals surface area contributed by atoms with Gasteiger partial charge >= 0.3 is 5.97 Å². The minimum Gasteiger partial charge on any atom is -0.493 e. The van der Waals surface area contributed by atoms with Crippen molar-refractivity contribution in [3.63, 3.8) is 0 Å². The number of ether oxygens (including phenoxy) is 4. The molecule has 45 heavy (non-hydrogen) atoms. The Morgan fingerprint density at radius 3 is 2.58 bits per heavy atom. The zero-order valence-corrected chi connectivity index (χ0v) is 27.2. The predicted octanol–water partition coefficient (Wildman–Crippen LogP) is 5.68. The lowest BCUT2D eigenvalue weighted by atomic mass is 9.92. The van der Waals surface area contributed by atoms with Crippen molar-refractivity contribution >= 4 is 23.3 Å². The van der Waals surface area contributed by atoms with E-state index in [1.807, 2.05) is 38.2 Å². The molecule has 1 atom stereocenters. The number of aromatic nitrogens is 2. The minimum absolute atomic E-state index is 0.0688. The zero-order valence-electron chi connectivity index (χ0n) is 27.2. The van der Waals surface area contributed by atoms with E-state index in [2.05, 4.69) is 22.1 Å². The van der Waals surface area contributed by atoms with Crippen LogP contribution >= 0.6 is 0 Å². The van der Waals surface area contributed by atoms with Crippen LogP contribution in [0.2, 0.25) is 0 Å². The number of hydrogen-bond acceptors (Lipinski definition) is 8. The summed E-state index contributed by atoms with van der Waals surface area (Å²) in [6.07, 6.45) is 4.91. The summed E-state index contributed by atoms with van der Waals surface area (Å²) in [4.78, 5) is 33.6. The highest BCUT2D eigenvalue weighted by atomic mass is 19.1. The number of fused-ring (bicyclic) bond motifs is 10. The molecule has 0 aliphatic carbocycles. The van der Waals surface area contributed by atoms with Crippen LogP contribution in [-0.4, -0.2) is 65.9 Å². The average Bonchev–Trinajstić information content (AvgIpc) is 3.41. The summed E-state index contributed by atoms with van der Waals surface area (Å²) in [5, 5.41) is 2.88. The van der Waals surface area contributed by atoms with Crippen LogP contribution in [0.4, 0.5) is 10.2 Å². The maximum absolute atomic E-state index is 14.2. The Hall–Kier alpha value is -3.70. The first kappa shape index (κ1) is 32.7. The van der Waals surface area contributed by atoms with Gasteiger partial charge in [0.2, 0.25) is 0 Å². The van der Waals surface area contributed by atoms with Gasteiger partial charge in [-0.2, -0.15) is 0 Å². The Labute approximate surface area is 264 Å². The van der Waals surface area contributed by atoms with Crippen molar-refractivity contribution in [3.05, 3.63) is 58.7 Å². The van der Waals surface area contributed by atoms with Crippen molar-refractivity contribution in [2.75, 3.05) is 38.3 Å². The second-order valence-electron chi connectivity index (χ2n) is 13.2. The van der Waals surface area contributed by atoms with E-state index < -0.39 is 29.4 Å². The van der Waals surface area contributed by atoms with E-state index in [0.717, 1.165) is 43.5 Å². The first-order valence-corrected chi connectivity index (χ1v) is 15.7. The molecular weight excluding hydrogens is 579 g/mol. The number of amides is 1. The van der Waals surface area contributed by atoms with Crippen LogP contribution in [-0.2, 0) is 25.5 Å². The van der Waals surface area contributed by atoms with Gasteiger partial charge in [0.15, 0.2) is 6.10 Å².